The van der Waals surface area contributed by atoms with E-state index in [9.17, 15) is 4.79 Å². The number of carbonyl (C=O) groups excluding carboxylic acids is 1. The summed E-state index contributed by atoms with van der Waals surface area (Å²) >= 11 is 0. The van der Waals surface area contributed by atoms with E-state index in [4.69, 9.17) is 0 Å². The summed E-state index contributed by atoms with van der Waals surface area (Å²) in [4.78, 5) is 30.7. The molecule has 196 valence electrons. The summed E-state index contributed by atoms with van der Waals surface area (Å²) in [6.45, 7) is 5.35. The number of hydrogen-bond donors (Lipinski definition) is 2. The Morgan fingerprint density at radius 1 is 0.895 bits per heavy atom. The number of likely N-dealkylation sites (N-methyl/N-ethyl adjacent to an activating group) is 1. The Morgan fingerprint density at radius 2 is 1.68 bits per heavy atom. The molecule has 3 heterocycles. The van der Waals surface area contributed by atoms with Gasteiger partial charge in [0.1, 0.15) is 0 Å². The molecule has 0 unspecified atom stereocenters. The van der Waals surface area contributed by atoms with Crippen molar-refractivity contribution in [3.8, 4) is 11.3 Å². The van der Waals surface area contributed by atoms with Gasteiger partial charge in [-0.1, -0.05) is 12.1 Å². The van der Waals surface area contributed by atoms with Gasteiger partial charge in [0.25, 0.3) is 5.91 Å². The van der Waals surface area contributed by atoms with E-state index in [1.54, 1.807) is 18.6 Å². The number of nitrogens with one attached hydrogen (secondary N) is 2. The summed E-state index contributed by atoms with van der Waals surface area (Å²) < 4.78 is 0. The molecule has 1 fully saturated rings. The first-order chi connectivity index (χ1) is 18.1. The second kappa shape index (κ2) is 13.1. The molecule has 1 aliphatic heterocycles. The van der Waals surface area contributed by atoms with E-state index in [2.05, 4.69) is 54.6 Å². The Bertz CT molecular complexity index is 1320. The average molecular weight is 530 g/mol. The lowest BCUT2D eigenvalue weighted by Crippen LogP contribution is -2.28. The van der Waals surface area contributed by atoms with Gasteiger partial charge in [0.05, 0.1) is 5.69 Å². The molecular weight excluding hydrogens is 498 g/mol. The van der Waals surface area contributed by atoms with Crippen molar-refractivity contribution in [2.24, 2.45) is 0 Å². The summed E-state index contributed by atoms with van der Waals surface area (Å²) in [5, 5.41) is 6.18. The number of benzene rings is 2. The highest BCUT2D eigenvalue weighted by Crippen LogP contribution is 2.20. The molecule has 4 aromatic rings. The molecule has 8 nitrogen and oxygen atoms in total. The van der Waals surface area contributed by atoms with Crippen LogP contribution in [0.25, 0.3) is 11.3 Å². The van der Waals surface area contributed by atoms with Gasteiger partial charge in [0, 0.05) is 60.7 Å². The number of anilines is 3. The Hall–Kier alpha value is -3.85. The first-order valence-electron chi connectivity index (χ1n) is 12.5. The zero-order valence-electron chi connectivity index (χ0n) is 21.4. The molecule has 2 aromatic carbocycles. The number of nitrogens with zero attached hydrogens (tertiary/aromatic N) is 5. The third-order valence-corrected chi connectivity index (χ3v) is 6.45. The minimum atomic E-state index is -0.129. The van der Waals surface area contributed by atoms with Crippen LogP contribution >= 0.6 is 12.4 Å². The van der Waals surface area contributed by atoms with Crippen molar-refractivity contribution in [2.75, 3.05) is 43.9 Å². The van der Waals surface area contributed by atoms with Crippen LogP contribution in [0.3, 0.4) is 0 Å². The predicted octanol–water partition coefficient (Wildman–Crippen LogP) is 5.09. The van der Waals surface area contributed by atoms with Crippen LogP contribution in [0.15, 0.2) is 85.3 Å². The molecule has 0 atom stereocenters. The normalized spacial score (nSPS) is 14.2. The minimum Gasteiger partial charge on any atom is -0.324 e. The number of hydrogen-bond acceptors (Lipinski definition) is 7. The van der Waals surface area contributed by atoms with Crippen molar-refractivity contribution < 1.29 is 4.79 Å². The van der Waals surface area contributed by atoms with E-state index in [1.165, 1.54) is 12.0 Å². The summed E-state index contributed by atoms with van der Waals surface area (Å²) in [6.07, 6.45) is 6.40. The highest BCUT2D eigenvalue weighted by atomic mass is 35.5. The van der Waals surface area contributed by atoms with E-state index in [1.807, 2.05) is 54.6 Å². The topological polar surface area (TPSA) is 86.3 Å². The maximum Gasteiger partial charge on any atom is 0.255 e. The highest BCUT2D eigenvalue weighted by Gasteiger charge is 2.13. The number of pyridine rings is 1. The summed E-state index contributed by atoms with van der Waals surface area (Å²) in [5.74, 6) is 0.363. The molecule has 38 heavy (non-hydrogen) atoms. The van der Waals surface area contributed by atoms with E-state index in [-0.39, 0.29) is 18.3 Å². The quantitative estimate of drug-likeness (QED) is 0.344. The second-order valence-corrected chi connectivity index (χ2v) is 9.29. The van der Waals surface area contributed by atoms with Gasteiger partial charge in [0.2, 0.25) is 5.95 Å². The van der Waals surface area contributed by atoms with Crippen molar-refractivity contribution in [3.63, 3.8) is 0 Å². The SMILES string of the molecule is CN1CCCN(Cc2ccc(C(=O)Nc3ccc(Nc4nccc(-c5cccnc5)n4)cc3)cc2)CC1.Cl. The Labute approximate surface area is 229 Å². The zero-order chi connectivity index (χ0) is 25.5. The summed E-state index contributed by atoms with van der Waals surface area (Å²) in [6, 6.07) is 21.1. The van der Waals surface area contributed by atoms with Gasteiger partial charge in [-0.3, -0.25) is 14.7 Å². The molecule has 0 saturated carbocycles. The molecule has 1 aliphatic rings. The smallest absolute Gasteiger partial charge is 0.255 e. The van der Waals surface area contributed by atoms with Crippen molar-refractivity contribution in [2.45, 2.75) is 13.0 Å². The standard InChI is InChI=1S/C29H31N7O.ClH/c1-35-16-3-17-36(19-18-35)21-22-5-7-23(8-6-22)28(37)32-25-9-11-26(12-10-25)33-29-31-15-13-27(34-29)24-4-2-14-30-20-24;/h2,4-15,20H,3,16-19,21H2,1H3,(H,32,37)(H,31,33,34);1H. The second-order valence-electron chi connectivity index (χ2n) is 9.29. The zero-order valence-corrected chi connectivity index (χ0v) is 22.2. The van der Waals surface area contributed by atoms with E-state index >= 15 is 0 Å². The molecule has 0 spiro atoms. The van der Waals surface area contributed by atoms with Gasteiger partial charge < -0.3 is 15.5 Å². The molecule has 1 saturated heterocycles. The molecule has 0 aliphatic carbocycles. The number of aromatic nitrogens is 3. The van der Waals surface area contributed by atoms with Crippen molar-refractivity contribution in [1.82, 2.24) is 24.8 Å². The van der Waals surface area contributed by atoms with Crippen molar-refractivity contribution in [3.05, 3.63) is 96.4 Å². The Morgan fingerprint density at radius 3 is 2.45 bits per heavy atom. The maximum atomic E-state index is 12.8. The lowest BCUT2D eigenvalue weighted by atomic mass is 10.1. The Kier molecular flexibility index (Phi) is 9.37. The molecular formula is C29H32ClN7O. The molecule has 2 aromatic heterocycles. The molecule has 5 rings (SSSR count). The van der Waals surface area contributed by atoms with E-state index < -0.39 is 0 Å². The van der Waals surface area contributed by atoms with Crippen molar-refractivity contribution >= 4 is 35.6 Å². The molecule has 9 heteroatoms. The molecule has 0 radical (unpaired) electrons. The van der Waals surface area contributed by atoms with Crippen LogP contribution in [0.2, 0.25) is 0 Å². The molecule has 1 amide bonds. The van der Waals surface area contributed by atoms with Gasteiger partial charge in [-0.05, 0) is 86.7 Å². The number of rotatable bonds is 7. The van der Waals surface area contributed by atoms with Crippen molar-refractivity contribution in [1.29, 1.82) is 0 Å². The monoisotopic (exact) mass is 529 g/mol. The highest BCUT2D eigenvalue weighted by molar-refractivity contribution is 6.04. The van der Waals surface area contributed by atoms with Crippen LogP contribution < -0.4 is 10.6 Å². The average Bonchev–Trinajstić information content (AvgIpc) is 3.14. The Balaban J connectivity index is 0.00000336. The lowest BCUT2D eigenvalue weighted by Gasteiger charge is -2.20. The van der Waals surface area contributed by atoms with E-state index in [0.29, 0.717) is 11.5 Å². The third kappa shape index (κ3) is 7.35. The van der Waals surface area contributed by atoms with Gasteiger partial charge in [-0.2, -0.15) is 0 Å². The van der Waals surface area contributed by atoms with Crippen LogP contribution in [-0.4, -0.2) is 63.9 Å². The van der Waals surface area contributed by atoms with Gasteiger partial charge in [0.15, 0.2) is 0 Å². The first-order valence-corrected chi connectivity index (χ1v) is 12.5. The van der Waals surface area contributed by atoms with E-state index in [0.717, 1.165) is 55.4 Å². The fourth-order valence-corrected chi connectivity index (χ4v) is 4.34. The third-order valence-electron chi connectivity index (χ3n) is 6.45. The van der Waals surface area contributed by atoms with Crippen LogP contribution in [-0.2, 0) is 6.54 Å². The predicted molar refractivity (Wildman–Crippen MR) is 154 cm³/mol. The number of carbonyl (C=O) groups is 1. The minimum absolute atomic E-state index is 0. The molecule has 0 bridgehead atoms. The summed E-state index contributed by atoms with van der Waals surface area (Å²) in [5.41, 5.74) is 5.13. The van der Waals surface area contributed by atoms with Crippen LogP contribution in [0.1, 0.15) is 22.3 Å². The van der Waals surface area contributed by atoms with Gasteiger partial charge in [-0.25, -0.2) is 9.97 Å². The number of halogens is 1. The molecule has 2 N–H and O–H groups in total. The lowest BCUT2D eigenvalue weighted by molar-refractivity contribution is 0.102. The maximum absolute atomic E-state index is 12.8. The van der Waals surface area contributed by atoms with Gasteiger partial charge >= 0.3 is 0 Å². The van der Waals surface area contributed by atoms with Gasteiger partial charge in [-0.15, -0.1) is 12.4 Å². The van der Waals surface area contributed by atoms with Crippen LogP contribution in [0, 0.1) is 0 Å². The van der Waals surface area contributed by atoms with Crippen LogP contribution in [0.4, 0.5) is 17.3 Å². The number of amides is 1. The fourth-order valence-electron chi connectivity index (χ4n) is 4.34. The fraction of sp³-hybridized carbons (Fsp3) is 0.241. The first kappa shape index (κ1) is 27.2. The summed E-state index contributed by atoms with van der Waals surface area (Å²) in [7, 11) is 2.18. The van der Waals surface area contributed by atoms with Crippen LogP contribution in [0.5, 0.6) is 0 Å². The largest absolute Gasteiger partial charge is 0.324 e.